The highest BCUT2D eigenvalue weighted by atomic mass is 16.2. The molecule has 0 aromatic carbocycles. The number of hydrogen-bond acceptors (Lipinski definition) is 4. The van der Waals surface area contributed by atoms with E-state index < -0.39 is 11.9 Å². The van der Waals surface area contributed by atoms with Crippen LogP contribution < -0.4 is 16.6 Å². The lowest BCUT2D eigenvalue weighted by Gasteiger charge is -2.07. The molecule has 0 saturated heterocycles. The molecule has 7 nitrogen and oxygen atoms in total. The van der Waals surface area contributed by atoms with Crippen molar-refractivity contribution < 1.29 is 9.59 Å². The number of aromatic nitrogens is 2. The van der Waals surface area contributed by atoms with Crippen molar-refractivity contribution in [3.05, 3.63) is 23.0 Å². The summed E-state index contributed by atoms with van der Waals surface area (Å²) in [6.45, 7) is 3.59. The number of nitrogens with two attached hydrogens (primary N) is 1. The van der Waals surface area contributed by atoms with Gasteiger partial charge in [-0.2, -0.15) is 10.2 Å². The van der Waals surface area contributed by atoms with E-state index in [2.05, 4.69) is 15.6 Å². The van der Waals surface area contributed by atoms with Gasteiger partial charge in [-0.05, 0) is 19.4 Å². The number of primary amides is 1. The van der Waals surface area contributed by atoms with Gasteiger partial charge in [0.05, 0.1) is 17.0 Å². The molecule has 0 saturated carbocycles. The van der Waals surface area contributed by atoms with Crippen LogP contribution in [0.4, 0.5) is 4.79 Å². The molecule has 1 aromatic heterocycles. The summed E-state index contributed by atoms with van der Waals surface area (Å²) in [4.78, 5) is 22.1. The number of nitrogens with one attached hydrogen (secondary N) is 2. The number of carbonyl (C=O) groups is 2. The van der Waals surface area contributed by atoms with Crippen LogP contribution in [0.2, 0.25) is 0 Å². The minimum absolute atomic E-state index is 0.378. The Labute approximate surface area is 92.4 Å². The fraction of sp³-hybridized carbons (Fsp3) is 0.333. The number of aryl methyl sites for hydroxylation is 2. The fourth-order valence-electron chi connectivity index (χ4n) is 1.16. The summed E-state index contributed by atoms with van der Waals surface area (Å²) in [5, 5.41) is 7.74. The number of amides is 3. The second-order valence-corrected chi connectivity index (χ2v) is 3.14. The molecular formula is C9H13N5O2. The second-order valence-electron chi connectivity index (χ2n) is 3.14. The van der Waals surface area contributed by atoms with E-state index in [1.807, 2.05) is 12.3 Å². The van der Waals surface area contributed by atoms with Crippen molar-refractivity contribution in [2.45, 2.75) is 20.3 Å². The third-order valence-electron chi connectivity index (χ3n) is 1.87. The van der Waals surface area contributed by atoms with E-state index in [-0.39, 0.29) is 0 Å². The predicted molar refractivity (Wildman–Crippen MR) is 56.3 cm³/mol. The first kappa shape index (κ1) is 11.9. The summed E-state index contributed by atoms with van der Waals surface area (Å²) in [7, 11) is 0. The van der Waals surface area contributed by atoms with Gasteiger partial charge < -0.3 is 5.73 Å². The van der Waals surface area contributed by atoms with E-state index >= 15 is 0 Å². The zero-order valence-electron chi connectivity index (χ0n) is 9.07. The Hall–Kier alpha value is -2.18. The van der Waals surface area contributed by atoms with Gasteiger partial charge in [-0.3, -0.25) is 10.2 Å². The Morgan fingerprint density at radius 2 is 2.06 bits per heavy atom. The van der Waals surface area contributed by atoms with Gasteiger partial charge in [0, 0.05) is 0 Å². The third kappa shape index (κ3) is 2.91. The molecule has 0 spiro atoms. The monoisotopic (exact) mass is 223 g/mol. The Balaban J connectivity index is 2.88. The third-order valence-corrected chi connectivity index (χ3v) is 1.87. The molecule has 0 atom stereocenters. The predicted octanol–water partition coefficient (Wildman–Crippen LogP) is -0.339. The molecule has 1 aromatic rings. The smallest absolute Gasteiger partial charge is 0.330 e. The molecule has 0 aliphatic rings. The molecular weight excluding hydrogens is 210 g/mol. The summed E-state index contributed by atoms with van der Waals surface area (Å²) in [6.07, 6.45) is 0.576. The van der Waals surface area contributed by atoms with Crippen LogP contribution in [-0.2, 0) is 6.42 Å². The first-order valence-electron chi connectivity index (χ1n) is 4.73. The van der Waals surface area contributed by atoms with Gasteiger partial charge in [0.25, 0.3) is 5.91 Å². The SMILES string of the molecule is CCc1nnc(C)cc1C(=O)NNC(N)=O. The highest BCUT2D eigenvalue weighted by Gasteiger charge is 2.12. The first-order valence-corrected chi connectivity index (χ1v) is 4.73. The highest BCUT2D eigenvalue weighted by Crippen LogP contribution is 2.06. The molecule has 3 amide bonds. The summed E-state index contributed by atoms with van der Waals surface area (Å²) >= 11 is 0. The number of hydrogen-bond donors (Lipinski definition) is 3. The average molecular weight is 223 g/mol. The molecule has 0 radical (unpaired) electrons. The van der Waals surface area contributed by atoms with Crippen LogP contribution in [0, 0.1) is 6.92 Å². The average Bonchev–Trinajstić information content (AvgIpc) is 2.25. The maximum atomic E-state index is 11.6. The zero-order valence-corrected chi connectivity index (χ0v) is 9.07. The normalized spacial score (nSPS) is 9.62. The van der Waals surface area contributed by atoms with Gasteiger partial charge in [0.1, 0.15) is 0 Å². The number of nitrogens with zero attached hydrogens (tertiary/aromatic N) is 2. The van der Waals surface area contributed by atoms with Crippen LogP contribution in [0.5, 0.6) is 0 Å². The molecule has 86 valence electrons. The van der Waals surface area contributed by atoms with Crippen LogP contribution >= 0.6 is 0 Å². The minimum atomic E-state index is -0.829. The lowest BCUT2D eigenvalue weighted by atomic mass is 10.1. The molecule has 0 fully saturated rings. The van der Waals surface area contributed by atoms with E-state index in [0.717, 1.165) is 0 Å². The number of rotatable bonds is 2. The first-order chi connectivity index (χ1) is 7.54. The van der Waals surface area contributed by atoms with Crippen molar-refractivity contribution in [2.24, 2.45) is 5.73 Å². The van der Waals surface area contributed by atoms with E-state index in [1.54, 1.807) is 13.0 Å². The van der Waals surface area contributed by atoms with Gasteiger partial charge in [-0.1, -0.05) is 6.92 Å². The number of carbonyl (C=O) groups excluding carboxylic acids is 2. The van der Waals surface area contributed by atoms with Crippen molar-refractivity contribution in [3.63, 3.8) is 0 Å². The molecule has 7 heteroatoms. The van der Waals surface area contributed by atoms with Crippen LogP contribution in [-0.4, -0.2) is 22.1 Å². The molecule has 0 aliphatic heterocycles. The lowest BCUT2D eigenvalue weighted by molar-refractivity contribution is 0.0935. The molecule has 16 heavy (non-hydrogen) atoms. The van der Waals surface area contributed by atoms with Crippen LogP contribution in [0.1, 0.15) is 28.7 Å². The minimum Gasteiger partial charge on any atom is -0.350 e. The molecule has 0 bridgehead atoms. The second kappa shape index (κ2) is 5.06. The van der Waals surface area contributed by atoms with Crippen molar-refractivity contribution >= 4 is 11.9 Å². The maximum Gasteiger partial charge on any atom is 0.330 e. The zero-order chi connectivity index (χ0) is 12.1. The van der Waals surface area contributed by atoms with Crippen molar-refractivity contribution in [2.75, 3.05) is 0 Å². The van der Waals surface area contributed by atoms with E-state index in [1.165, 1.54) is 0 Å². The van der Waals surface area contributed by atoms with Crippen LogP contribution in [0.15, 0.2) is 6.07 Å². The molecule has 1 heterocycles. The molecule has 0 aliphatic carbocycles. The van der Waals surface area contributed by atoms with E-state index in [4.69, 9.17) is 5.73 Å². The molecule has 0 unspecified atom stereocenters. The van der Waals surface area contributed by atoms with Crippen molar-refractivity contribution in [3.8, 4) is 0 Å². The summed E-state index contributed by atoms with van der Waals surface area (Å²) in [5.41, 5.74) is 10.6. The summed E-state index contributed by atoms with van der Waals surface area (Å²) < 4.78 is 0. The Kier molecular flexibility index (Phi) is 3.76. The number of hydrazine groups is 1. The van der Waals surface area contributed by atoms with Crippen molar-refractivity contribution in [1.82, 2.24) is 21.0 Å². The highest BCUT2D eigenvalue weighted by molar-refractivity contribution is 5.96. The Morgan fingerprint density at radius 3 is 2.62 bits per heavy atom. The van der Waals surface area contributed by atoms with Crippen LogP contribution in [0.3, 0.4) is 0 Å². The molecule has 4 N–H and O–H groups in total. The standard InChI is InChI=1S/C9H13N5O2/c1-3-7-6(4-5(2)11-12-7)8(15)13-14-9(10)16/h4H,3H2,1-2H3,(H,13,15)(H3,10,14,16). The number of urea groups is 1. The van der Waals surface area contributed by atoms with Crippen LogP contribution in [0.25, 0.3) is 0 Å². The van der Waals surface area contributed by atoms with E-state index in [0.29, 0.717) is 23.4 Å². The Bertz CT molecular complexity index is 418. The van der Waals surface area contributed by atoms with Gasteiger partial charge >= 0.3 is 6.03 Å². The Morgan fingerprint density at radius 1 is 1.38 bits per heavy atom. The lowest BCUT2D eigenvalue weighted by Crippen LogP contribution is -2.44. The topological polar surface area (TPSA) is 110 Å². The largest absolute Gasteiger partial charge is 0.350 e. The molecule has 1 rings (SSSR count). The summed E-state index contributed by atoms with van der Waals surface area (Å²) in [5.74, 6) is -0.464. The fourth-order valence-corrected chi connectivity index (χ4v) is 1.16. The van der Waals surface area contributed by atoms with Gasteiger partial charge in [-0.25, -0.2) is 10.2 Å². The van der Waals surface area contributed by atoms with E-state index in [9.17, 15) is 9.59 Å². The van der Waals surface area contributed by atoms with Gasteiger partial charge in [0.15, 0.2) is 0 Å². The summed E-state index contributed by atoms with van der Waals surface area (Å²) in [6, 6.07) is 0.772. The van der Waals surface area contributed by atoms with Gasteiger partial charge in [0.2, 0.25) is 0 Å². The van der Waals surface area contributed by atoms with Gasteiger partial charge in [-0.15, -0.1) is 0 Å². The van der Waals surface area contributed by atoms with Crippen molar-refractivity contribution in [1.29, 1.82) is 0 Å². The quantitative estimate of drug-likeness (QED) is 0.595. The maximum absolute atomic E-state index is 11.6.